The van der Waals surface area contributed by atoms with Gasteiger partial charge in [0.05, 0.1) is 17.9 Å². The van der Waals surface area contributed by atoms with E-state index in [-0.39, 0.29) is 24.1 Å². The number of hydrogen-bond acceptors (Lipinski definition) is 3. The molecule has 3 atom stereocenters. The molecule has 0 radical (unpaired) electrons. The van der Waals surface area contributed by atoms with Gasteiger partial charge in [0, 0.05) is 19.1 Å². The van der Waals surface area contributed by atoms with Crippen molar-refractivity contribution in [2.75, 3.05) is 24.5 Å². The molecule has 3 rings (SSSR count). The molecular weight excluding hydrogens is 267 g/mol. The average Bonchev–Trinajstić information content (AvgIpc) is 2.83. The maximum atomic E-state index is 14.5. The van der Waals surface area contributed by atoms with E-state index in [1.54, 1.807) is 6.07 Å². The molecule has 1 aromatic rings. The molecule has 0 amide bonds. The fourth-order valence-corrected chi connectivity index (χ4v) is 3.34. The minimum atomic E-state index is -0.112. The fourth-order valence-electron chi connectivity index (χ4n) is 3.34. The number of halogens is 1. The first-order valence-electron chi connectivity index (χ1n) is 8.10. The van der Waals surface area contributed by atoms with Crippen LogP contribution in [0, 0.1) is 5.82 Å². The Bertz CT molecular complexity index is 482. The monoisotopic (exact) mass is 292 g/mol. The van der Waals surface area contributed by atoms with Gasteiger partial charge >= 0.3 is 0 Å². The van der Waals surface area contributed by atoms with Crippen LogP contribution in [0.15, 0.2) is 18.2 Å². The molecule has 3 unspecified atom stereocenters. The van der Waals surface area contributed by atoms with Gasteiger partial charge in [0.2, 0.25) is 0 Å². The Morgan fingerprint density at radius 1 is 1.33 bits per heavy atom. The van der Waals surface area contributed by atoms with Gasteiger partial charge in [0.15, 0.2) is 0 Å². The van der Waals surface area contributed by atoms with Crippen molar-refractivity contribution in [3.05, 3.63) is 29.6 Å². The Morgan fingerprint density at radius 2 is 2.05 bits per heavy atom. The Kier molecular flexibility index (Phi) is 4.45. The number of nitrogens with zero attached hydrogens (tertiary/aromatic N) is 1. The second-order valence-corrected chi connectivity index (χ2v) is 6.25. The highest BCUT2D eigenvalue weighted by Gasteiger charge is 2.34. The largest absolute Gasteiger partial charge is 0.371 e. The summed E-state index contributed by atoms with van der Waals surface area (Å²) in [5.41, 5.74) is 1.74. The normalized spacial score (nSPS) is 26.1. The van der Waals surface area contributed by atoms with Crippen LogP contribution in [-0.2, 0) is 4.74 Å². The Balaban J connectivity index is 1.72. The second kappa shape index (κ2) is 6.32. The summed E-state index contributed by atoms with van der Waals surface area (Å²) in [4.78, 5) is 2.15. The third-order valence-corrected chi connectivity index (χ3v) is 4.56. The number of anilines is 1. The molecule has 2 saturated heterocycles. The van der Waals surface area contributed by atoms with Crippen molar-refractivity contribution in [2.24, 2.45) is 0 Å². The van der Waals surface area contributed by atoms with E-state index in [0.717, 1.165) is 50.1 Å². The standard InChI is InChI=1S/C17H25FN2O/c1-3-8-19-12(2)13-4-7-17(16(18)9-13)20-10-14-5-6-15(11-20)21-14/h4,7,9,12,14-15,19H,3,5-6,8,10-11H2,1-2H3. The molecule has 0 saturated carbocycles. The molecule has 116 valence electrons. The quantitative estimate of drug-likeness (QED) is 0.901. The zero-order chi connectivity index (χ0) is 14.8. The molecule has 2 bridgehead atoms. The number of rotatable bonds is 5. The summed E-state index contributed by atoms with van der Waals surface area (Å²) < 4.78 is 20.3. The van der Waals surface area contributed by atoms with Crippen molar-refractivity contribution < 1.29 is 9.13 Å². The molecule has 0 aliphatic carbocycles. The van der Waals surface area contributed by atoms with E-state index in [1.807, 2.05) is 12.1 Å². The van der Waals surface area contributed by atoms with Crippen LogP contribution >= 0.6 is 0 Å². The van der Waals surface area contributed by atoms with Crippen molar-refractivity contribution in [1.82, 2.24) is 5.32 Å². The SMILES string of the molecule is CCCNC(C)c1ccc(N2CC3CCC(C2)O3)c(F)c1. The molecular formula is C17H25FN2O. The van der Waals surface area contributed by atoms with Gasteiger partial charge in [0.25, 0.3) is 0 Å². The molecule has 2 fully saturated rings. The van der Waals surface area contributed by atoms with E-state index in [0.29, 0.717) is 0 Å². The summed E-state index contributed by atoms with van der Waals surface area (Å²) in [7, 11) is 0. The average molecular weight is 292 g/mol. The van der Waals surface area contributed by atoms with Gasteiger partial charge in [-0.2, -0.15) is 0 Å². The van der Waals surface area contributed by atoms with E-state index in [1.165, 1.54) is 0 Å². The summed E-state index contributed by atoms with van der Waals surface area (Å²) in [6.45, 7) is 6.80. The van der Waals surface area contributed by atoms with Crippen molar-refractivity contribution in [2.45, 2.75) is 51.4 Å². The lowest BCUT2D eigenvalue weighted by atomic mass is 10.1. The lowest BCUT2D eigenvalue weighted by Crippen LogP contribution is -2.43. The zero-order valence-electron chi connectivity index (χ0n) is 12.9. The summed E-state index contributed by atoms with van der Waals surface area (Å²) in [6.07, 6.45) is 3.88. The highest BCUT2D eigenvalue weighted by molar-refractivity contribution is 5.50. The van der Waals surface area contributed by atoms with Crippen molar-refractivity contribution in [3.63, 3.8) is 0 Å². The molecule has 2 aliphatic heterocycles. The molecule has 0 spiro atoms. The molecule has 3 nitrogen and oxygen atoms in total. The first-order valence-corrected chi connectivity index (χ1v) is 8.10. The Labute approximate surface area is 126 Å². The number of hydrogen-bond donors (Lipinski definition) is 1. The molecule has 1 N–H and O–H groups in total. The molecule has 0 aromatic heterocycles. The van der Waals surface area contributed by atoms with Crippen molar-refractivity contribution >= 4 is 5.69 Å². The maximum Gasteiger partial charge on any atom is 0.146 e. The number of benzene rings is 1. The summed E-state index contributed by atoms with van der Waals surface area (Å²) in [5.74, 6) is -0.112. The molecule has 21 heavy (non-hydrogen) atoms. The lowest BCUT2D eigenvalue weighted by molar-refractivity contribution is 0.0303. The van der Waals surface area contributed by atoms with Crippen LogP contribution in [0.1, 0.15) is 44.7 Å². The summed E-state index contributed by atoms with van der Waals surface area (Å²) in [5, 5.41) is 3.40. The van der Waals surface area contributed by atoms with E-state index < -0.39 is 0 Å². The number of fused-ring (bicyclic) bond motifs is 2. The molecule has 1 aromatic carbocycles. The number of ether oxygens (including phenoxy) is 1. The molecule has 2 aliphatic rings. The maximum absolute atomic E-state index is 14.5. The Morgan fingerprint density at radius 3 is 2.67 bits per heavy atom. The molecule has 2 heterocycles. The molecule has 4 heteroatoms. The van der Waals surface area contributed by atoms with Gasteiger partial charge in [-0.1, -0.05) is 13.0 Å². The second-order valence-electron chi connectivity index (χ2n) is 6.25. The smallest absolute Gasteiger partial charge is 0.146 e. The van der Waals surface area contributed by atoms with Crippen LogP contribution in [0.5, 0.6) is 0 Å². The summed E-state index contributed by atoms with van der Waals surface area (Å²) in [6, 6.07) is 5.84. The zero-order valence-corrected chi connectivity index (χ0v) is 12.9. The highest BCUT2D eigenvalue weighted by atomic mass is 19.1. The van der Waals surface area contributed by atoms with E-state index >= 15 is 0 Å². The predicted molar refractivity (Wildman–Crippen MR) is 83.2 cm³/mol. The lowest BCUT2D eigenvalue weighted by Gasteiger charge is -2.34. The summed E-state index contributed by atoms with van der Waals surface area (Å²) >= 11 is 0. The van der Waals surface area contributed by atoms with Gasteiger partial charge in [0.1, 0.15) is 5.82 Å². The van der Waals surface area contributed by atoms with Crippen molar-refractivity contribution in [1.29, 1.82) is 0 Å². The van der Waals surface area contributed by atoms with Gasteiger partial charge in [-0.25, -0.2) is 4.39 Å². The minimum Gasteiger partial charge on any atom is -0.371 e. The Hall–Kier alpha value is -1.13. The van der Waals surface area contributed by atoms with Crippen LogP contribution in [0.4, 0.5) is 10.1 Å². The highest BCUT2D eigenvalue weighted by Crippen LogP contribution is 2.31. The van der Waals surface area contributed by atoms with E-state index in [4.69, 9.17) is 4.74 Å². The fraction of sp³-hybridized carbons (Fsp3) is 0.647. The topological polar surface area (TPSA) is 24.5 Å². The number of nitrogens with one attached hydrogen (secondary N) is 1. The van der Waals surface area contributed by atoms with Gasteiger partial charge < -0.3 is 15.0 Å². The van der Waals surface area contributed by atoms with Crippen LogP contribution in [0.3, 0.4) is 0 Å². The van der Waals surface area contributed by atoms with E-state index in [9.17, 15) is 4.39 Å². The first kappa shape index (κ1) is 14.8. The van der Waals surface area contributed by atoms with Crippen LogP contribution in [0.2, 0.25) is 0 Å². The van der Waals surface area contributed by atoms with Gasteiger partial charge in [-0.05, 0) is 50.4 Å². The van der Waals surface area contributed by atoms with Gasteiger partial charge in [-0.3, -0.25) is 0 Å². The van der Waals surface area contributed by atoms with Crippen molar-refractivity contribution in [3.8, 4) is 0 Å². The third kappa shape index (κ3) is 3.22. The third-order valence-electron chi connectivity index (χ3n) is 4.56. The van der Waals surface area contributed by atoms with Gasteiger partial charge in [-0.15, -0.1) is 0 Å². The van der Waals surface area contributed by atoms with E-state index in [2.05, 4.69) is 24.1 Å². The van der Waals surface area contributed by atoms with Crippen LogP contribution in [0.25, 0.3) is 0 Å². The minimum absolute atomic E-state index is 0.112. The number of morpholine rings is 1. The van der Waals surface area contributed by atoms with Crippen LogP contribution in [-0.4, -0.2) is 31.8 Å². The van der Waals surface area contributed by atoms with Crippen LogP contribution < -0.4 is 10.2 Å². The predicted octanol–water partition coefficient (Wildman–Crippen LogP) is 3.25. The first-order chi connectivity index (χ1) is 10.2.